The van der Waals surface area contributed by atoms with E-state index in [1.165, 1.54) is 17.0 Å². The molecule has 1 unspecified atom stereocenters. The molecule has 3 aromatic rings. The van der Waals surface area contributed by atoms with Gasteiger partial charge in [0.1, 0.15) is 12.6 Å². The normalized spacial score (nSPS) is 12.5. The first kappa shape index (κ1) is 30.2. The number of carbonyl (C=O) groups is 2. The number of hydrogen-bond donors (Lipinski definition) is 1. The number of amides is 2. The van der Waals surface area contributed by atoms with E-state index in [9.17, 15) is 18.0 Å². The largest absolute Gasteiger partial charge is 0.350 e. The van der Waals surface area contributed by atoms with Gasteiger partial charge in [-0.15, -0.1) is 0 Å². The van der Waals surface area contributed by atoms with Gasteiger partial charge in [0.25, 0.3) is 10.0 Å². The van der Waals surface area contributed by atoms with Crippen LogP contribution in [0.1, 0.15) is 44.4 Å². The number of nitrogens with one attached hydrogen (secondary N) is 1. The summed E-state index contributed by atoms with van der Waals surface area (Å²) in [5, 5.41) is 3.47. The summed E-state index contributed by atoms with van der Waals surface area (Å²) < 4.78 is 28.9. The molecule has 39 heavy (non-hydrogen) atoms. The van der Waals surface area contributed by atoms with Gasteiger partial charge in [-0.1, -0.05) is 59.6 Å². The van der Waals surface area contributed by atoms with Crippen LogP contribution in [0.3, 0.4) is 0 Å². The Hall–Kier alpha value is -3.36. The lowest BCUT2D eigenvalue weighted by atomic mass is 10.1. The van der Waals surface area contributed by atoms with E-state index in [1.54, 1.807) is 55.5 Å². The molecule has 9 heteroatoms. The fraction of sp³-hybridized carbons (Fsp3) is 0.333. The minimum atomic E-state index is -4.10. The third-order valence-electron chi connectivity index (χ3n) is 6.16. The molecule has 0 bridgehead atoms. The highest BCUT2D eigenvalue weighted by Gasteiger charge is 2.33. The molecule has 0 saturated carbocycles. The van der Waals surface area contributed by atoms with Gasteiger partial charge >= 0.3 is 0 Å². The maximum Gasteiger partial charge on any atom is 0.264 e. The van der Waals surface area contributed by atoms with Gasteiger partial charge in [0.2, 0.25) is 11.8 Å². The number of hydrogen-bond acceptors (Lipinski definition) is 4. The third kappa shape index (κ3) is 7.83. The molecule has 2 amide bonds. The zero-order chi connectivity index (χ0) is 29.0. The molecule has 0 aromatic heterocycles. The van der Waals surface area contributed by atoms with Gasteiger partial charge in [0.15, 0.2) is 0 Å². The predicted octanol–water partition coefficient (Wildman–Crippen LogP) is 5.48. The van der Waals surface area contributed by atoms with E-state index in [0.717, 1.165) is 15.4 Å². The maximum absolute atomic E-state index is 14.0. The number of rotatable bonds is 9. The Morgan fingerprint density at radius 2 is 1.56 bits per heavy atom. The van der Waals surface area contributed by atoms with E-state index in [2.05, 4.69) is 5.32 Å². The van der Waals surface area contributed by atoms with Crippen molar-refractivity contribution in [3.05, 3.63) is 94.5 Å². The van der Waals surface area contributed by atoms with Crippen LogP contribution >= 0.6 is 11.6 Å². The Morgan fingerprint density at radius 1 is 0.949 bits per heavy atom. The molecule has 0 radical (unpaired) electrons. The summed E-state index contributed by atoms with van der Waals surface area (Å²) in [6.45, 7) is 10.6. The van der Waals surface area contributed by atoms with Crippen LogP contribution < -0.4 is 9.62 Å². The monoisotopic (exact) mass is 569 g/mol. The standard InChI is InChI=1S/C30H36ClN3O4S/c1-21-12-17-27(22(2)18-21)34(39(37,38)26-10-8-7-9-11-26)20-28(35)33(19-24-13-15-25(31)16-14-24)23(3)29(36)32-30(4,5)6/h7-18,23H,19-20H2,1-6H3,(H,32,36). The lowest BCUT2D eigenvalue weighted by Crippen LogP contribution is -2.54. The van der Waals surface area contributed by atoms with Crippen molar-refractivity contribution in [1.29, 1.82) is 0 Å². The van der Waals surface area contributed by atoms with Gasteiger partial charge in [-0.05, 0) is 83.0 Å². The quantitative estimate of drug-likeness (QED) is 0.369. The van der Waals surface area contributed by atoms with E-state index >= 15 is 0 Å². The molecule has 1 N–H and O–H groups in total. The van der Waals surface area contributed by atoms with Crippen molar-refractivity contribution in [2.24, 2.45) is 0 Å². The zero-order valence-corrected chi connectivity index (χ0v) is 24.8. The van der Waals surface area contributed by atoms with Crippen molar-refractivity contribution in [2.75, 3.05) is 10.8 Å². The lowest BCUT2D eigenvalue weighted by molar-refractivity contribution is -0.140. The van der Waals surface area contributed by atoms with Gasteiger partial charge in [-0.3, -0.25) is 13.9 Å². The molecular weight excluding hydrogens is 534 g/mol. The second kappa shape index (κ2) is 12.2. The summed E-state index contributed by atoms with van der Waals surface area (Å²) in [4.78, 5) is 28.6. The molecule has 1 atom stereocenters. The summed E-state index contributed by atoms with van der Waals surface area (Å²) in [5.41, 5.74) is 2.33. The first-order valence-corrected chi connectivity index (χ1v) is 14.5. The molecule has 0 spiro atoms. The molecule has 3 aromatic carbocycles. The second-order valence-electron chi connectivity index (χ2n) is 10.7. The minimum Gasteiger partial charge on any atom is -0.350 e. The average molecular weight is 570 g/mol. The van der Waals surface area contributed by atoms with Gasteiger partial charge < -0.3 is 10.2 Å². The van der Waals surface area contributed by atoms with E-state index in [-0.39, 0.29) is 17.3 Å². The van der Waals surface area contributed by atoms with Crippen LogP contribution in [-0.2, 0) is 26.2 Å². The van der Waals surface area contributed by atoms with E-state index in [0.29, 0.717) is 16.3 Å². The van der Waals surface area contributed by atoms with Crippen LogP contribution in [0.2, 0.25) is 5.02 Å². The molecule has 3 rings (SSSR count). The molecule has 0 aliphatic carbocycles. The molecule has 0 saturated heterocycles. The fourth-order valence-corrected chi connectivity index (χ4v) is 5.79. The number of benzene rings is 3. The summed E-state index contributed by atoms with van der Waals surface area (Å²) in [7, 11) is -4.10. The molecule has 7 nitrogen and oxygen atoms in total. The van der Waals surface area contributed by atoms with Crippen LogP contribution in [-0.4, -0.2) is 43.3 Å². The highest BCUT2D eigenvalue weighted by atomic mass is 35.5. The van der Waals surface area contributed by atoms with Crippen molar-refractivity contribution < 1.29 is 18.0 Å². The number of halogens is 1. The lowest BCUT2D eigenvalue weighted by Gasteiger charge is -2.34. The van der Waals surface area contributed by atoms with Gasteiger partial charge in [-0.25, -0.2) is 8.42 Å². The minimum absolute atomic E-state index is 0.0700. The molecular formula is C30H36ClN3O4S. The van der Waals surface area contributed by atoms with Crippen molar-refractivity contribution in [3.8, 4) is 0 Å². The molecule has 0 aliphatic heterocycles. The van der Waals surface area contributed by atoms with Crippen LogP contribution in [0.15, 0.2) is 77.7 Å². The highest BCUT2D eigenvalue weighted by Crippen LogP contribution is 2.28. The van der Waals surface area contributed by atoms with E-state index in [4.69, 9.17) is 11.6 Å². The third-order valence-corrected chi connectivity index (χ3v) is 8.19. The van der Waals surface area contributed by atoms with Gasteiger partial charge in [0, 0.05) is 17.1 Å². The van der Waals surface area contributed by atoms with E-state index < -0.39 is 34.1 Å². The first-order chi connectivity index (χ1) is 18.2. The number of nitrogens with zero attached hydrogens (tertiary/aromatic N) is 2. The van der Waals surface area contributed by atoms with Crippen molar-refractivity contribution in [1.82, 2.24) is 10.2 Å². The van der Waals surface area contributed by atoms with Gasteiger partial charge in [-0.2, -0.15) is 0 Å². The SMILES string of the molecule is Cc1ccc(N(CC(=O)N(Cc2ccc(Cl)cc2)C(C)C(=O)NC(C)(C)C)S(=O)(=O)c2ccccc2)c(C)c1. The number of sulfonamides is 1. The summed E-state index contributed by atoms with van der Waals surface area (Å²) >= 11 is 6.05. The van der Waals surface area contributed by atoms with Crippen LogP contribution in [0.25, 0.3) is 0 Å². The van der Waals surface area contributed by atoms with Crippen molar-refractivity contribution in [2.45, 2.75) is 64.6 Å². The Kier molecular flexibility index (Phi) is 9.46. The smallest absolute Gasteiger partial charge is 0.264 e. The van der Waals surface area contributed by atoms with Crippen molar-refractivity contribution in [3.63, 3.8) is 0 Å². The van der Waals surface area contributed by atoms with E-state index in [1.807, 2.05) is 46.8 Å². The zero-order valence-electron chi connectivity index (χ0n) is 23.2. The first-order valence-electron chi connectivity index (χ1n) is 12.7. The maximum atomic E-state index is 14.0. The molecule has 0 heterocycles. The Morgan fingerprint density at radius 3 is 2.13 bits per heavy atom. The molecule has 0 fully saturated rings. The summed E-state index contributed by atoms with van der Waals surface area (Å²) in [6.07, 6.45) is 0. The molecule has 208 valence electrons. The van der Waals surface area contributed by atoms with Crippen LogP contribution in [0.4, 0.5) is 5.69 Å². The Balaban J connectivity index is 2.05. The Bertz CT molecular complexity index is 1420. The molecule has 0 aliphatic rings. The average Bonchev–Trinajstić information content (AvgIpc) is 2.86. The van der Waals surface area contributed by atoms with Crippen LogP contribution in [0.5, 0.6) is 0 Å². The predicted molar refractivity (Wildman–Crippen MR) is 156 cm³/mol. The fourth-order valence-electron chi connectivity index (χ4n) is 4.16. The number of anilines is 1. The van der Waals surface area contributed by atoms with Gasteiger partial charge in [0.05, 0.1) is 10.6 Å². The second-order valence-corrected chi connectivity index (χ2v) is 13.0. The Labute approximate surface area is 236 Å². The number of carbonyl (C=O) groups excluding carboxylic acids is 2. The van der Waals surface area contributed by atoms with Crippen LogP contribution in [0, 0.1) is 13.8 Å². The highest BCUT2D eigenvalue weighted by molar-refractivity contribution is 7.92. The van der Waals surface area contributed by atoms with Crippen molar-refractivity contribution >= 4 is 39.1 Å². The summed E-state index contributed by atoms with van der Waals surface area (Å²) in [5.74, 6) is -0.852. The topological polar surface area (TPSA) is 86.8 Å². The number of aryl methyl sites for hydroxylation is 2. The summed E-state index contributed by atoms with van der Waals surface area (Å²) in [6, 6.07) is 19.5.